The molecule has 0 saturated carbocycles. The van der Waals surface area contributed by atoms with Crippen LogP contribution in [0.25, 0.3) is 0 Å². The normalized spacial score (nSPS) is 30.5. The van der Waals surface area contributed by atoms with E-state index >= 15 is 0 Å². The topological polar surface area (TPSA) is 32.3 Å². The number of piperidine rings is 1. The molecule has 1 aromatic carbocycles. The van der Waals surface area contributed by atoms with Crippen LogP contribution in [0.3, 0.4) is 0 Å². The Morgan fingerprint density at radius 1 is 1.41 bits per heavy atom. The molecule has 1 aromatic rings. The van der Waals surface area contributed by atoms with E-state index in [1.165, 1.54) is 13.0 Å². The van der Waals surface area contributed by atoms with Crippen molar-refractivity contribution in [2.75, 3.05) is 19.6 Å². The Morgan fingerprint density at radius 3 is 2.94 bits per heavy atom. The van der Waals surface area contributed by atoms with Crippen LogP contribution in [-0.2, 0) is 0 Å². The first kappa shape index (κ1) is 11.1. The van der Waals surface area contributed by atoms with E-state index in [-0.39, 0.29) is 5.91 Å². The van der Waals surface area contributed by atoms with Gasteiger partial charge in [0, 0.05) is 29.7 Å². The van der Waals surface area contributed by atoms with E-state index in [9.17, 15) is 4.79 Å². The predicted octanol–water partition coefficient (Wildman–Crippen LogP) is 1.77. The maximum absolute atomic E-state index is 12.0. The number of rotatable bonds is 2. The van der Waals surface area contributed by atoms with Crippen molar-refractivity contribution in [3.8, 4) is 0 Å². The quantitative estimate of drug-likeness (QED) is 0.868. The average Bonchev–Trinajstić information content (AvgIpc) is 2.91. The number of amides is 1. The minimum absolute atomic E-state index is 0.00810. The predicted molar refractivity (Wildman–Crippen MR) is 67.3 cm³/mol. The van der Waals surface area contributed by atoms with E-state index in [1.807, 2.05) is 6.07 Å². The number of carbonyl (C=O) groups is 1. The molecule has 2 saturated heterocycles. The van der Waals surface area contributed by atoms with Crippen molar-refractivity contribution in [1.82, 2.24) is 10.2 Å². The van der Waals surface area contributed by atoms with E-state index in [0.29, 0.717) is 22.5 Å². The van der Waals surface area contributed by atoms with Crippen molar-refractivity contribution in [2.24, 2.45) is 5.92 Å². The maximum atomic E-state index is 12.0. The first-order chi connectivity index (χ1) is 8.22. The molecule has 0 radical (unpaired) electrons. The van der Waals surface area contributed by atoms with Gasteiger partial charge in [-0.1, -0.05) is 17.7 Å². The third-order valence-corrected chi connectivity index (χ3v) is 3.97. The first-order valence-electron chi connectivity index (χ1n) is 6.01. The molecule has 2 fully saturated rings. The van der Waals surface area contributed by atoms with Gasteiger partial charge < -0.3 is 10.2 Å². The number of nitrogens with one attached hydrogen (secondary N) is 1. The highest BCUT2D eigenvalue weighted by molar-refractivity contribution is 6.30. The fourth-order valence-corrected chi connectivity index (χ4v) is 3.02. The lowest BCUT2D eigenvalue weighted by molar-refractivity contribution is 0.0924. The molecule has 3 atom stereocenters. The smallest absolute Gasteiger partial charge is 0.251 e. The summed E-state index contributed by atoms with van der Waals surface area (Å²) in [5.74, 6) is 0.629. The van der Waals surface area contributed by atoms with Crippen LogP contribution in [0.5, 0.6) is 0 Å². The number of nitrogens with zero attached hydrogens (tertiary/aromatic N) is 1. The van der Waals surface area contributed by atoms with E-state index in [4.69, 9.17) is 11.6 Å². The molecule has 2 aliphatic rings. The summed E-state index contributed by atoms with van der Waals surface area (Å²) >= 11 is 5.88. The summed E-state index contributed by atoms with van der Waals surface area (Å²) in [5, 5.41) is 3.72. The molecular weight excluding hydrogens is 236 g/mol. The Bertz CT molecular complexity index is 449. The molecule has 0 aliphatic carbocycles. The summed E-state index contributed by atoms with van der Waals surface area (Å²) in [7, 11) is 0. The zero-order chi connectivity index (χ0) is 11.8. The molecule has 1 amide bonds. The van der Waals surface area contributed by atoms with Crippen LogP contribution in [0.15, 0.2) is 24.3 Å². The lowest BCUT2D eigenvalue weighted by atomic mass is 9.99. The number of fused-ring (bicyclic) bond motifs is 2. The highest BCUT2D eigenvalue weighted by Crippen LogP contribution is 2.27. The molecule has 3 rings (SSSR count). The van der Waals surface area contributed by atoms with Crippen molar-refractivity contribution in [3.05, 3.63) is 34.9 Å². The van der Waals surface area contributed by atoms with E-state index in [2.05, 4.69) is 10.2 Å². The maximum Gasteiger partial charge on any atom is 0.251 e. The van der Waals surface area contributed by atoms with Crippen molar-refractivity contribution in [1.29, 1.82) is 0 Å². The van der Waals surface area contributed by atoms with Crippen LogP contribution >= 0.6 is 11.6 Å². The summed E-state index contributed by atoms with van der Waals surface area (Å²) in [6.45, 7) is 3.33. The minimum Gasteiger partial charge on any atom is -0.348 e. The van der Waals surface area contributed by atoms with Crippen LogP contribution in [0, 0.1) is 5.92 Å². The number of benzene rings is 1. The Morgan fingerprint density at radius 2 is 2.29 bits per heavy atom. The van der Waals surface area contributed by atoms with Crippen LogP contribution in [0.1, 0.15) is 16.8 Å². The van der Waals surface area contributed by atoms with Gasteiger partial charge in [-0.2, -0.15) is 0 Å². The van der Waals surface area contributed by atoms with Gasteiger partial charge in [0.2, 0.25) is 0 Å². The Balaban J connectivity index is 1.68. The van der Waals surface area contributed by atoms with Gasteiger partial charge >= 0.3 is 0 Å². The van der Waals surface area contributed by atoms with Gasteiger partial charge in [-0.25, -0.2) is 0 Å². The van der Waals surface area contributed by atoms with Gasteiger partial charge in [0.25, 0.3) is 5.91 Å². The molecule has 1 N–H and O–H groups in total. The van der Waals surface area contributed by atoms with E-state index in [1.54, 1.807) is 18.2 Å². The molecule has 4 heteroatoms. The second-order valence-electron chi connectivity index (χ2n) is 4.90. The summed E-state index contributed by atoms with van der Waals surface area (Å²) in [6, 6.07) is 7.41. The lowest BCUT2D eigenvalue weighted by Crippen LogP contribution is -2.43. The van der Waals surface area contributed by atoms with Crippen molar-refractivity contribution in [3.63, 3.8) is 0 Å². The zero-order valence-corrected chi connectivity index (χ0v) is 10.3. The van der Waals surface area contributed by atoms with E-state index < -0.39 is 0 Å². The summed E-state index contributed by atoms with van der Waals surface area (Å²) in [6.07, 6.45) is 1.21. The third-order valence-electron chi connectivity index (χ3n) is 3.74. The highest BCUT2D eigenvalue weighted by atomic mass is 35.5. The summed E-state index contributed by atoms with van der Waals surface area (Å²) in [4.78, 5) is 14.5. The molecule has 2 heterocycles. The fourth-order valence-electron chi connectivity index (χ4n) is 2.83. The van der Waals surface area contributed by atoms with Crippen molar-refractivity contribution in [2.45, 2.75) is 12.5 Å². The lowest BCUT2D eigenvalue weighted by Gasteiger charge is -2.23. The zero-order valence-electron chi connectivity index (χ0n) is 9.53. The monoisotopic (exact) mass is 250 g/mol. The SMILES string of the molecule is O=C(NC1CN2CCC1C2)c1cccc(Cl)c1. The van der Waals surface area contributed by atoms with Gasteiger partial charge in [-0.15, -0.1) is 0 Å². The molecule has 3 nitrogen and oxygen atoms in total. The number of hydrogen-bond acceptors (Lipinski definition) is 2. The second-order valence-corrected chi connectivity index (χ2v) is 5.34. The summed E-state index contributed by atoms with van der Waals surface area (Å²) in [5.41, 5.74) is 0.648. The standard InChI is InChI=1S/C13H15ClN2O/c14-11-3-1-2-9(6-11)13(17)15-12-8-16-5-4-10(12)7-16/h1-3,6,10,12H,4-5,7-8H2,(H,15,17). The van der Waals surface area contributed by atoms with Gasteiger partial charge in [0.1, 0.15) is 0 Å². The van der Waals surface area contributed by atoms with Crippen molar-refractivity contribution >= 4 is 17.5 Å². The number of halogens is 1. The molecule has 2 bridgehead atoms. The van der Waals surface area contributed by atoms with Gasteiger partial charge in [0.15, 0.2) is 0 Å². The molecule has 17 heavy (non-hydrogen) atoms. The number of hydrogen-bond donors (Lipinski definition) is 1. The van der Waals surface area contributed by atoms with Crippen LogP contribution in [-0.4, -0.2) is 36.5 Å². The van der Waals surface area contributed by atoms with Crippen LogP contribution in [0.2, 0.25) is 5.02 Å². The first-order valence-corrected chi connectivity index (χ1v) is 6.39. The molecule has 3 unspecified atom stereocenters. The van der Waals surface area contributed by atoms with Gasteiger partial charge in [-0.05, 0) is 37.1 Å². The number of carbonyl (C=O) groups excluding carboxylic acids is 1. The Kier molecular flexibility index (Phi) is 2.81. The Labute approximate surface area is 106 Å². The van der Waals surface area contributed by atoms with Gasteiger partial charge in [-0.3, -0.25) is 4.79 Å². The second kappa shape index (κ2) is 4.31. The van der Waals surface area contributed by atoms with Gasteiger partial charge in [0.05, 0.1) is 0 Å². The molecule has 2 aliphatic heterocycles. The van der Waals surface area contributed by atoms with E-state index in [0.717, 1.165) is 13.1 Å². The molecule has 90 valence electrons. The third kappa shape index (κ3) is 2.17. The fraction of sp³-hybridized carbons (Fsp3) is 0.462. The van der Waals surface area contributed by atoms with Crippen LogP contribution in [0.4, 0.5) is 0 Å². The average molecular weight is 251 g/mol. The highest BCUT2D eigenvalue weighted by Gasteiger charge is 2.38. The summed E-state index contributed by atoms with van der Waals surface area (Å²) < 4.78 is 0. The van der Waals surface area contributed by atoms with Crippen LogP contribution < -0.4 is 5.32 Å². The minimum atomic E-state index is -0.00810. The Hall–Kier alpha value is -1.06. The van der Waals surface area contributed by atoms with Crippen molar-refractivity contribution < 1.29 is 4.79 Å². The largest absolute Gasteiger partial charge is 0.348 e. The molecule has 0 spiro atoms. The molecule has 0 aromatic heterocycles. The molecular formula is C13H15ClN2O.